The van der Waals surface area contributed by atoms with Gasteiger partial charge in [0, 0.05) is 17.8 Å². The molecule has 0 N–H and O–H groups in total. The molecule has 0 saturated heterocycles. The number of ether oxygens (including phenoxy) is 1. The highest BCUT2D eigenvalue weighted by molar-refractivity contribution is 6.06. The number of anilines is 1. The summed E-state index contributed by atoms with van der Waals surface area (Å²) in [6.45, 7) is 4.73. The second-order valence-corrected chi connectivity index (χ2v) is 5.88. The Balaban J connectivity index is 1.89. The van der Waals surface area contributed by atoms with Crippen molar-refractivity contribution < 1.29 is 9.53 Å². The van der Waals surface area contributed by atoms with Crippen LogP contribution in [0.25, 0.3) is 0 Å². The van der Waals surface area contributed by atoms with E-state index < -0.39 is 0 Å². The highest BCUT2D eigenvalue weighted by Crippen LogP contribution is 2.28. The second-order valence-electron chi connectivity index (χ2n) is 5.88. The van der Waals surface area contributed by atoms with E-state index in [-0.39, 0.29) is 12.0 Å². The van der Waals surface area contributed by atoms with Crippen molar-refractivity contribution >= 4 is 11.6 Å². The summed E-state index contributed by atoms with van der Waals surface area (Å²) in [5.74, 6) is 0.785. The number of fused-ring (bicyclic) bond motifs is 1. The Morgan fingerprint density at radius 2 is 1.95 bits per heavy atom. The number of rotatable bonds is 3. The molecule has 0 aliphatic carbocycles. The van der Waals surface area contributed by atoms with Crippen LogP contribution in [0.4, 0.5) is 5.69 Å². The van der Waals surface area contributed by atoms with Gasteiger partial charge in [-0.1, -0.05) is 24.3 Å². The van der Waals surface area contributed by atoms with Crippen LogP contribution in [0.15, 0.2) is 48.5 Å². The largest absolute Gasteiger partial charge is 0.491 e. The molecule has 1 aliphatic rings. The number of carbonyl (C=O) groups is 1. The van der Waals surface area contributed by atoms with Crippen molar-refractivity contribution in [3.05, 3.63) is 59.7 Å². The molecule has 3 rings (SSSR count). The summed E-state index contributed by atoms with van der Waals surface area (Å²) in [6, 6.07) is 15.6. The van der Waals surface area contributed by atoms with Gasteiger partial charge in [-0.25, -0.2) is 0 Å². The first-order valence-electron chi connectivity index (χ1n) is 7.81. The predicted octanol–water partition coefficient (Wildman–Crippen LogP) is 4.07. The molecule has 3 nitrogen and oxygen atoms in total. The molecule has 0 radical (unpaired) electrons. The van der Waals surface area contributed by atoms with Gasteiger partial charge in [0.2, 0.25) is 0 Å². The average Bonchev–Trinajstić information content (AvgIpc) is 2.53. The van der Waals surface area contributed by atoms with E-state index in [4.69, 9.17) is 4.74 Å². The first kappa shape index (κ1) is 14.6. The number of aryl methyl sites for hydroxylation is 1. The molecule has 114 valence electrons. The minimum Gasteiger partial charge on any atom is -0.491 e. The molecule has 2 aromatic carbocycles. The van der Waals surface area contributed by atoms with E-state index >= 15 is 0 Å². The molecule has 1 aliphatic heterocycles. The lowest BCUT2D eigenvalue weighted by atomic mass is 10.0. The van der Waals surface area contributed by atoms with E-state index in [9.17, 15) is 4.79 Å². The van der Waals surface area contributed by atoms with E-state index in [0.717, 1.165) is 30.8 Å². The van der Waals surface area contributed by atoms with Crippen LogP contribution < -0.4 is 9.64 Å². The first-order chi connectivity index (χ1) is 10.6. The molecule has 1 heterocycles. The van der Waals surface area contributed by atoms with Gasteiger partial charge in [-0.05, 0) is 56.5 Å². The zero-order chi connectivity index (χ0) is 15.5. The van der Waals surface area contributed by atoms with Crippen LogP contribution in [0.5, 0.6) is 5.75 Å². The number of hydrogen-bond donors (Lipinski definition) is 0. The molecule has 1 amide bonds. The van der Waals surface area contributed by atoms with Crippen molar-refractivity contribution in [1.82, 2.24) is 0 Å². The van der Waals surface area contributed by atoms with Crippen LogP contribution in [0.1, 0.15) is 36.2 Å². The van der Waals surface area contributed by atoms with E-state index in [1.807, 2.05) is 61.2 Å². The smallest absolute Gasteiger partial charge is 0.258 e. The Kier molecular flexibility index (Phi) is 4.14. The van der Waals surface area contributed by atoms with Gasteiger partial charge in [0.15, 0.2) is 0 Å². The Labute approximate surface area is 131 Å². The number of hydrogen-bond acceptors (Lipinski definition) is 2. The predicted molar refractivity (Wildman–Crippen MR) is 88.6 cm³/mol. The molecule has 0 saturated carbocycles. The fraction of sp³-hybridized carbons (Fsp3) is 0.316. The van der Waals surface area contributed by atoms with E-state index in [1.54, 1.807) is 0 Å². The lowest BCUT2D eigenvalue weighted by Crippen LogP contribution is -2.35. The van der Waals surface area contributed by atoms with Crippen molar-refractivity contribution in [3.8, 4) is 5.75 Å². The summed E-state index contributed by atoms with van der Waals surface area (Å²) in [7, 11) is 0. The Bertz CT molecular complexity index is 679. The third kappa shape index (κ3) is 2.98. The Morgan fingerprint density at radius 1 is 1.14 bits per heavy atom. The van der Waals surface area contributed by atoms with Gasteiger partial charge >= 0.3 is 0 Å². The maximum absolute atomic E-state index is 12.9. The Morgan fingerprint density at radius 3 is 2.77 bits per heavy atom. The van der Waals surface area contributed by atoms with Gasteiger partial charge in [0.25, 0.3) is 5.91 Å². The fourth-order valence-electron chi connectivity index (χ4n) is 2.88. The monoisotopic (exact) mass is 295 g/mol. The van der Waals surface area contributed by atoms with Gasteiger partial charge in [-0.15, -0.1) is 0 Å². The van der Waals surface area contributed by atoms with Crippen LogP contribution in [-0.2, 0) is 6.42 Å². The van der Waals surface area contributed by atoms with Gasteiger partial charge in [0.1, 0.15) is 5.75 Å². The van der Waals surface area contributed by atoms with Gasteiger partial charge < -0.3 is 9.64 Å². The molecule has 0 fully saturated rings. The lowest BCUT2D eigenvalue weighted by molar-refractivity contribution is 0.0984. The van der Waals surface area contributed by atoms with E-state index in [0.29, 0.717) is 5.56 Å². The molecule has 0 bridgehead atoms. The average molecular weight is 295 g/mol. The van der Waals surface area contributed by atoms with Crippen molar-refractivity contribution in [2.45, 2.75) is 32.8 Å². The zero-order valence-corrected chi connectivity index (χ0v) is 13.1. The van der Waals surface area contributed by atoms with Gasteiger partial charge in [-0.2, -0.15) is 0 Å². The van der Waals surface area contributed by atoms with Crippen molar-refractivity contribution in [1.29, 1.82) is 0 Å². The van der Waals surface area contributed by atoms with Crippen molar-refractivity contribution in [2.75, 3.05) is 11.4 Å². The topological polar surface area (TPSA) is 29.5 Å². The molecule has 0 unspecified atom stereocenters. The Hall–Kier alpha value is -2.29. The summed E-state index contributed by atoms with van der Waals surface area (Å²) >= 11 is 0. The van der Waals surface area contributed by atoms with E-state index in [1.165, 1.54) is 5.56 Å². The molecule has 0 spiro atoms. The molecule has 0 aromatic heterocycles. The fourth-order valence-corrected chi connectivity index (χ4v) is 2.88. The molecular formula is C19H21NO2. The quantitative estimate of drug-likeness (QED) is 0.854. The van der Waals surface area contributed by atoms with Gasteiger partial charge in [0.05, 0.1) is 6.10 Å². The first-order valence-corrected chi connectivity index (χ1v) is 7.81. The second kappa shape index (κ2) is 6.22. The van der Waals surface area contributed by atoms with Crippen LogP contribution in [0.3, 0.4) is 0 Å². The number of para-hydroxylation sites is 1. The van der Waals surface area contributed by atoms with Crippen LogP contribution in [0.2, 0.25) is 0 Å². The molecule has 0 atom stereocenters. The highest BCUT2D eigenvalue weighted by Gasteiger charge is 2.23. The highest BCUT2D eigenvalue weighted by atomic mass is 16.5. The maximum atomic E-state index is 12.9. The minimum absolute atomic E-state index is 0.0429. The third-order valence-corrected chi connectivity index (χ3v) is 3.81. The standard InChI is InChI=1S/C19H21NO2/c1-14(2)22-17-10-5-8-16(13-17)19(21)20-12-6-9-15-7-3-4-11-18(15)20/h3-5,7-8,10-11,13-14H,6,9,12H2,1-2H3. The van der Waals surface area contributed by atoms with Crippen LogP contribution in [0, 0.1) is 0 Å². The number of amides is 1. The summed E-state index contributed by atoms with van der Waals surface area (Å²) in [5.41, 5.74) is 2.96. The van der Waals surface area contributed by atoms with E-state index in [2.05, 4.69) is 6.07 Å². The van der Waals surface area contributed by atoms with Crippen LogP contribution >= 0.6 is 0 Å². The third-order valence-electron chi connectivity index (χ3n) is 3.81. The van der Waals surface area contributed by atoms with Crippen LogP contribution in [-0.4, -0.2) is 18.6 Å². The van der Waals surface area contributed by atoms with Gasteiger partial charge in [-0.3, -0.25) is 4.79 Å². The molecule has 3 heteroatoms. The molecular weight excluding hydrogens is 274 g/mol. The number of nitrogens with zero attached hydrogens (tertiary/aromatic N) is 1. The minimum atomic E-state index is 0.0429. The maximum Gasteiger partial charge on any atom is 0.258 e. The zero-order valence-electron chi connectivity index (χ0n) is 13.1. The lowest BCUT2D eigenvalue weighted by Gasteiger charge is -2.29. The summed E-state index contributed by atoms with van der Waals surface area (Å²) in [4.78, 5) is 14.8. The molecule has 22 heavy (non-hydrogen) atoms. The summed E-state index contributed by atoms with van der Waals surface area (Å²) < 4.78 is 5.69. The van der Waals surface area contributed by atoms with Crippen molar-refractivity contribution in [2.24, 2.45) is 0 Å². The summed E-state index contributed by atoms with van der Waals surface area (Å²) in [5, 5.41) is 0. The molecule has 2 aromatic rings. The summed E-state index contributed by atoms with van der Waals surface area (Å²) in [6.07, 6.45) is 2.14. The number of carbonyl (C=O) groups excluding carboxylic acids is 1. The SMILES string of the molecule is CC(C)Oc1cccc(C(=O)N2CCCc3ccccc32)c1. The number of benzene rings is 2. The van der Waals surface area contributed by atoms with Crippen molar-refractivity contribution in [3.63, 3.8) is 0 Å². The normalized spacial score (nSPS) is 13.9.